The molecule has 1 aliphatic rings. The van der Waals surface area contributed by atoms with Crippen LogP contribution in [0.5, 0.6) is 0 Å². The van der Waals surface area contributed by atoms with Crippen LogP contribution in [0.2, 0.25) is 5.02 Å². The van der Waals surface area contributed by atoms with Crippen molar-refractivity contribution in [3.63, 3.8) is 0 Å². The van der Waals surface area contributed by atoms with E-state index in [0.717, 1.165) is 16.7 Å². The van der Waals surface area contributed by atoms with Crippen LogP contribution in [0.1, 0.15) is 34.1 Å². The second-order valence-electron chi connectivity index (χ2n) is 5.61. The van der Waals surface area contributed by atoms with Gasteiger partial charge >= 0.3 is 0 Å². The topological polar surface area (TPSA) is 32.3 Å². The monoisotopic (exact) mass is 460 g/mol. The average Bonchev–Trinajstić information content (AvgIpc) is 3.23. The normalized spacial score (nSPS) is 16.4. The Bertz CT molecular complexity index is 671. The molecule has 0 spiro atoms. The van der Waals surface area contributed by atoms with Gasteiger partial charge in [0, 0.05) is 20.0 Å². The molecule has 3 rings (SSSR count). The van der Waals surface area contributed by atoms with Gasteiger partial charge in [-0.25, -0.2) is 0 Å². The summed E-state index contributed by atoms with van der Waals surface area (Å²) in [5.41, 5.74) is 0.643. The maximum absolute atomic E-state index is 12.5. The fourth-order valence-corrected chi connectivity index (χ4v) is 4.51. The van der Waals surface area contributed by atoms with Crippen molar-refractivity contribution in [2.75, 3.05) is 19.6 Å². The lowest BCUT2D eigenvalue weighted by Crippen LogP contribution is -2.36. The number of carbonyl (C=O) groups excluding carboxylic acids is 1. The van der Waals surface area contributed by atoms with Crippen molar-refractivity contribution >= 4 is 51.4 Å². The Morgan fingerprint density at radius 1 is 1.35 bits per heavy atom. The first-order chi connectivity index (χ1) is 11.1. The van der Waals surface area contributed by atoms with Gasteiger partial charge in [-0.05, 0) is 78.2 Å². The lowest BCUT2D eigenvalue weighted by Gasteiger charge is -2.27. The number of likely N-dealkylation sites (tertiary alicyclic amines) is 1. The van der Waals surface area contributed by atoms with Crippen LogP contribution >= 0.6 is 45.5 Å². The second kappa shape index (κ2) is 7.96. The molecule has 1 aromatic heterocycles. The Kier molecular flexibility index (Phi) is 5.96. The maximum atomic E-state index is 12.5. The number of halogens is 2. The first kappa shape index (κ1) is 17.2. The fraction of sp³-hybridized carbons (Fsp3) is 0.353. The van der Waals surface area contributed by atoms with Gasteiger partial charge in [-0.15, -0.1) is 11.3 Å². The highest BCUT2D eigenvalue weighted by Gasteiger charge is 2.25. The molecule has 0 radical (unpaired) electrons. The van der Waals surface area contributed by atoms with Gasteiger partial charge in [0.15, 0.2) is 0 Å². The molecule has 1 saturated heterocycles. The molecule has 1 atom stereocenters. The Morgan fingerprint density at radius 2 is 2.13 bits per heavy atom. The molecule has 23 heavy (non-hydrogen) atoms. The summed E-state index contributed by atoms with van der Waals surface area (Å²) in [5.74, 6) is -0.0577. The molecule has 122 valence electrons. The third-order valence-electron chi connectivity index (χ3n) is 4.08. The van der Waals surface area contributed by atoms with Crippen molar-refractivity contribution in [1.29, 1.82) is 0 Å². The van der Waals surface area contributed by atoms with E-state index in [-0.39, 0.29) is 11.9 Å². The summed E-state index contributed by atoms with van der Waals surface area (Å²) in [5, 5.41) is 5.78. The number of hydrogen-bond donors (Lipinski definition) is 1. The van der Waals surface area contributed by atoms with Crippen molar-refractivity contribution in [1.82, 2.24) is 10.2 Å². The zero-order valence-electron chi connectivity index (χ0n) is 12.6. The van der Waals surface area contributed by atoms with E-state index in [9.17, 15) is 4.79 Å². The SMILES string of the molecule is O=C(NCC(c1cccs1)N1CCCC1)c1cc(Cl)ccc1I. The molecule has 2 aromatic rings. The zero-order valence-corrected chi connectivity index (χ0v) is 16.3. The molecule has 1 fully saturated rings. The number of carbonyl (C=O) groups is 1. The van der Waals surface area contributed by atoms with E-state index in [2.05, 4.69) is 50.3 Å². The Balaban J connectivity index is 1.71. The van der Waals surface area contributed by atoms with Crippen LogP contribution in [-0.4, -0.2) is 30.4 Å². The van der Waals surface area contributed by atoms with Gasteiger partial charge in [-0.3, -0.25) is 9.69 Å². The van der Waals surface area contributed by atoms with E-state index in [4.69, 9.17) is 11.6 Å². The number of rotatable bonds is 5. The quantitative estimate of drug-likeness (QED) is 0.663. The second-order valence-corrected chi connectivity index (χ2v) is 8.19. The van der Waals surface area contributed by atoms with Crippen molar-refractivity contribution in [3.8, 4) is 0 Å². The van der Waals surface area contributed by atoms with Gasteiger partial charge in [0.1, 0.15) is 0 Å². The van der Waals surface area contributed by atoms with Crippen LogP contribution in [0.25, 0.3) is 0 Å². The van der Waals surface area contributed by atoms with Crippen LogP contribution in [-0.2, 0) is 0 Å². The minimum atomic E-state index is -0.0577. The van der Waals surface area contributed by atoms with Crippen LogP contribution in [0.4, 0.5) is 0 Å². The predicted molar refractivity (Wildman–Crippen MR) is 104 cm³/mol. The number of hydrogen-bond acceptors (Lipinski definition) is 3. The molecule has 6 heteroatoms. The molecule has 1 unspecified atom stereocenters. The molecular formula is C17H18ClIN2OS. The smallest absolute Gasteiger partial charge is 0.252 e. The van der Waals surface area contributed by atoms with Crippen molar-refractivity contribution < 1.29 is 4.79 Å². The van der Waals surface area contributed by atoms with Gasteiger partial charge in [0.05, 0.1) is 11.6 Å². The third-order valence-corrected chi connectivity index (χ3v) is 6.23. The lowest BCUT2D eigenvalue weighted by atomic mass is 10.2. The number of nitrogens with zero attached hydrogens (tertiary/aromatic N) is 1. The molecule has 0 bridgehead atoms. The minimum absolute atomic E-state index is 0.0577. The molecule has 1 N–H and O–H groups in total. The summed E-state index contributed by atoms with van der Waals surface area (Å²) >= 11 is 9.94. The fourth-order valence-electron chi connectivity index (χ4n) is 2.90. The van der Waals surface area contributed by atoms with Crippen molar-refractivity contribution in [2.24, 2.45) is 0 Å². The molecule has 2 heterocycles. The Hall–Kier alpha value is -0.630. The Labute approximate surface area is 159 Å². The van der Waals surface area contributed by atoms with Gasteiger partial charge in [-0.1, -0.05) is 17.7 Å². The molecule has 0 saturated carbocycles. The zero-order chi connectivity index (χ0) is 16.2. The van der Waals surface area contributed by atoms with E-state index in [1.54, 1.807) is 23.5 Å². The van der Waals surface area contributed by atoms with Crippen LogP contribution in [0.3, 0.4) is 0 Å². The van der Waals surface area contributed by atoms with E-state index >= 15 is 0 Å². The lowest BCUT2D eigenvalue weighted by molar-refractivity contribution is 0.0937. The molecule has 1 aliphatic heterocycles. The van der Waals surface area contributed by atoms with Crippen molar-refractivity contribution in [2.45, 2.75) is 18.9 Å². The molecule has 1 amide bonds. The summed E-state index contributed by atoms with van der Waals surface area (Å²) in [7, 11) is 0. The average molecular weight is 461 g/mol. The third kappa shape index (κ3) is 4.26. The largest absolute Gasteiger partial charge is 0.350 e. The van der Waals surface area contributed by atoms with Gasteiger partial charge in [-0.2, -0.15) is 0 Å². The summed E-state index contributed by atoms with van der Waals surface area (Å²) in [6, 6.07) is 9.90. The molecule has 3 nitrogen and oxygen atoms in total. The van der Waals surface area contributed by atoms with Crippen LogP contribution < -0.4 is 5.32 Å². The van der Waals surface area contributed by atoms with E-state index in [1.165, 1.54) is 17.7 Å². The number of benzene rings is 1. The highest BCUT2D eigenvalue weighted by molar-refractivity contribution is 14.1. The Morgan fingerprint density at radius 3 is 2.83 bits per heavy atom. The number of nitrogens with one attached hydrogen (secondary N) is 1. The summed E-state index contributed by atoms with van der Waals surface area (Å²) in [6.07, 6.45) is 2.48. The minimum Gasteiger partial charge on any atom is -0.350 e. The molecule has 1 aromatic carbocycles. The highest BCUT2D eigenvalue weighted by atomic mass is 127. The van der Waals surface area contributed by atoms with Gasteiger partial charge in [0.25, 0.3) is 5.91 Å². The van der Waals surface area contributed by atoms with Crippen molar-refractivity contribution in [3.05, 3.63) is 54.7 Å². The van der Waals surface area contributed by atoms with Crippen LogP contribution in [0.15, 0.2) is 35.7 Å². The maximum Gasteiger partial charge on any atom is 0.252 e. The summed E-state index contributed by atoms with van der Waals surface area (Å²) in [6.45, 7) is 2.84. The van der Waals surface area contributed by atoms with E-state index in [1.807, 2.05) is 6.07 Å². The predicted octanol–water partition coefficient (Wildman–Crippen LogP) is 4.57. The highest BCUT2D eigenvalue weighted by Crippen LogP contribution is 2.28. The first-order valence-corrected chi connectivity index (χ1v) is 9.99. The standard InChI is InChI=1S/C17H18ClIN2OS/c18-12-5-6-14(19)13(10-12)17(22)20-11-15(16-4-3-9-23-16)21-7-1-2-8-21/h3-6,9-10,15H,1-2,7-8,11H2,(H,20,22). The number of amides is 1. The molecular weight excluding hydrogens is 443 g/mol. The molecule has 0 aliphatic carbocycles. The van der Waals surface area contributed by atoms with Gasteiger partial charge in [0.2, 0.25) is 0 Å². The summed E-state index contributed by atoms with van der Waals surface area (Å²) in [4.78, 5) is 16.3. The van der Waals surface area contributed by atoms with E-state index in [0.29, 0.717) is 17.1 Å². The van der Waals surface area contributed by atoms with E-state index < -0.39 is 0 Å². The number of thiophene rings is 1. The van der Waals surface area contributed by atoms with Gasteiger partial charge < -0.3 is 5.32 Å². The first-order valence-electron chi connectivity index (χ1n) is 7.66. The summed E-state index contributed by atoms with van der Waals surface area (Å²) < 4.78 is 0.915. The van der Waals surface area contributed by atoms with Crippen LogP contribution in [0, 0.1) is 3.57 Å².